The van der Waals surface area contributed by atoms with Gasteiger partial charge in [0, 0.05) is 6.07 Å². The van der Waals surface area contributed by atoms with Gasteiger partial charge in [-0.15, -0.1) is 0 Å². The van der Waals surface area contributed by atoms with Crippen molar-refractivity contribution in [1.29, 1.82) is 0 Å². The number of sulfonamides is 1. The number of rotatable bonds is 4. The third-order valence-corrected chi connectivity index (χ3v) is 3.91. The highest BCUT2D eigenvalue weighted by atomic mass is 32.2. The Balaban J connectivity index is 2.32. The van der Waals surface area contributed by atoms with Gasteiger partial charge >= 0.3 is 0 Å². The molecule has 0 heterocycles. The lowest BCUT2D eigenvalue weighted by atomic mass is 10.3. The number of non-ortho nitro benzene ring substituents is 1. The molecule has 0 saturated heterocycles. The van der Waals surface area contributed by atoms with Gasteiger partial charge in [-0.3, -0.25) is 14.8 Å². The minimum atomic E-state index is -4.11. The second-order valence-electron chi connectivity index (χ2n) is 3.98. The van der Waals surface area contributed by atoms with E-state index in [-0.39, 0.29) is 4.90 Å². The quantitative estimate of drug-likeness (QED) is 0.694. The molecule has 0 aromatic heterocycles. The molecule has 0 aliphatic carbocycles. The Bertz CT molecular complexity index is 791. The van der Waals surface area contributed by atoms with Gasteiger partial charge in [-0.1, -0.05) is 0 Å². The predicted molar refractivity (Wildman–Crippen MR) is 70.3 cm³/mol. The largest absolute Gasteiger partial charge is 0.277 e. The summed E-state index contributed by atoms with van der Waals surface area (Å²) in [7, 11) is -4.11. The summed E-state index contributed by atoms with van der Waals surface area (Å²) < 4.78 is 52.2. The number of nitrogens with zero attached hydrogens (tertiary/aromatic N) is 1. The summed E-state index contributed by atoms with van der Waals surface area (Å²) in [4.78, 5) is 9.40. The van der Waals surface area contributed by atoms with Crippen LogP contribution in [0.25, 0.3) is 0 Å². The molecule has 0 aliphatic heterocycles. The van der Waals surface area contributed by atoms with Crippen LogP contribution in [0.5, 0.6) is 0 Å². The Hall–Kier alpha value is -2.55. The molecule has 0 unspecified atom stereocenters. The molecule has 0 saturated carbocycles. The maximum absolute atomic E-state index is 13.6. The van der Waals surface area contributed by atoms with E-state index in [1.54, 1.807) is 0 Å². The Labute approximate surface area is 118 Å². The number of halogens is 2. The van der Waals surface area contributed by atoms with Crippen LogP contribution in [0.1, 0.15) is 0 Å². The van der Waals surface area contributed by atoms with Crippen LogP contribution in [0.3, 0.4) is 0 Å². The lowest BCUT2D eigenvalue weighted by Crippen LogP contribution is -2.14. The first-order valence-electron chi connectivity index (χ1n) is 5.52. The molecule has 0 atom stereocenters. The second kappa shape index (κ2) is 5.44. The van der Waals surface area contributed by atoms with E-state index >= 15 is 0 Å². The molecule has 110 valence electrons. The van der Waals surface area contributed by atoms with Crippen LogP contribution >= 0.6 is 0 Å². The highest BCUT2D eigenvalue weighted by molar-refractivity contribution is 7.92. The molecule has 2 rings (SSSR count). The Kier molecular flexibility index (Phi) is 3.85. The van der Waals surface area contributed by atoms with Crippen molar-refractivity contribution >= 4 is 21.4 Å². The highest BCUT2D eigenvalue weighted by Crippen LogP contribution is 2.23. The zero-order valence-electron chi connectivity index (χ0n) is 10.3. The molecule has 1 N–H and O–H groups in total. The molecule has 0 amide bonds. The van der Waals surface area contributed by atoms with E-state index in [1.807, 2.05) is 4.72 Å². The van der Waals surface area contributed by atoms with Crippen LogP contribution in [0.2, 0.25) is 0 Å². The van der Waals surface area contributed by atoms with E-state index in [1.165, 1.54) is 0 Å². The highest BCUT2D eigenvalue weighted by Gasteiger charge is 2.18. The van der Waals surface area contributed by atoms with E-state index in [0.717, 1.165) is 36.4 Å². The van der Waals surface area contributed by atoms with Crippen LogP contribution in [0, 0.1) is 21.7 Å². The Morgan fingerprint density at radius 3 is 2.19 bits per heavy atom. The summed E-state index contributed by atoms with van der Waals surface area (Å²) in [6.45, 7) is 0. The van der Waals surface area contributed by atoms with Gasteiger partial charge in [0.05, 0.1) is 21.6 Å². The first kappa shape index (κ1) is 14.9. The van der Waals surface area contributed by atoms with Crippen LogP contribution < -0.4 is 4.72 Å². The van der Waals surface area contributed by atoms with E-state index in [9.17, 15) is 27.3 Å². The lowest BCUT2D eigenvalue weighted by Gasteiger charge is -2.08. The van der Waals surface area contributed by atoms with E-state index in [0.29, 0.717) is 6.07 Å². The van der Waals surface area contributed by atoms with Crippen molar-refractivity contribution < 1.29 is 22.1 Å². The molecular formula is C12H8F2N2O4S. The molecular weight excluding hydrogens is 306 g/mol. The molecule has 0 bridgehead atoms. The Morgan fingerprint density at radius 2 is 1.67 bits per heavy atom. The summed E-state index contributed by atoms with van der Waals surface area (Å²) in [5, 5.41) is 10.5. The van der Waals surface area contributed by atoms with Crippen molar-refractivity contribution in [2.45, 2.75) is 4.90 Å². The van der Waals surface area contributed by atoms with Gasteiger partial charge in [-0.05, 0) is 30.3 Å². The number of nitro groups is 1. The van der Waals surface area contributed by atoms with Crippen LogP contribution in [0.15, 0.2) is 47.4 Å². The SMILES string of the molecule is O=[N+]([O-])c1ccc(NS(=O)(=O)c2ccc(F)cc2)c(F)c1. The molecule has 0 fully saturated rings. The monoisotopic (exact) mass is 314 g/mol. The van der Waals surface area contributed by atoms with E-state index in [4.69, 9.17) is 0 Å². The van der Waals surface area contributed by atoms with E-state index < -0.39 is 38.0 Å². The van der Waals surface area contributed by atoms with Gasteiger partial charge in [0.25, 0.3) is 15.7 Å². The fraction of sp³-hybridized carbons (Fsp3) is 0. The fourth-order valence-electron chi connectivity index (χ4n) is 1.52. The number of anilines is 1. The van der Waals surface area contributed by atoms with Gasteiger partial charge in [-0.2, -0.15) is 0 Å². The number of nitrogens with one attached hydrogen (secondary N) is 1. The van der Waals surface area contributed by atoms with Crippen molar-refractivity contribution in [3.63, 3.8) is 0 Å². The predicted octanol–water partition coefficient (Wildman–Crippen LogP) is 2.67. The topological polar surface area (TPSA) is 89.3 Å². The van der Waals surface area contributed by atoms with Gasteiger partial charge in [0.1, 0.15) is 5.82 Å². The first-order chi connectivity index (χ1) is 9.79. The molecule has 0 radical (unpaired) electrons. The van der Waals surface area contributed by atoms with Crippen molar-refractivity contribution in [2.24, 2.45) is 0 Å². The van der Waals surface area contributed by atoms with Crippen molar-refractivity contribution in [3.8, 4) is 0 Å². The fourth-order valence-corrected chi connectivity index (χ4v) is 2.59. The van der Waals surface area contributed by atoms with Crippen molar-refractivity contribution in [3.05, 3.63) is 64.2 Å². The molecule has 21 heavy (non-hydrogen) atoms. The maximum Gasteiger partial charge on any atom is 0.272 e. The minimum absolute atomic E-state index is 0.262. The molecule has 0 spiro atoms. The summed E-state index contributed by atoms with van der Waals surface area (Å²) in [5.41, 5.74) is -0.942. The molecule has 6 nitrogen and oxygen atoms in total. The normalized spacial score (nSPS) is 11.1. The van der Waals surface area contributed by atoms with Crippen LogP contribution in [-0.2, 0) is 10.0 Å². The summed E-state index contributed by atoms with van der Waals surface area (Å²) in [6, 6.07) is 6.42. The summed E-state index contributed by atoms with van der Waals surface area (Å²) in [5.74, 6) is -1.70. The first-order valence-corrected chi connectivity index (χ1v) is 7.00. The van der Waals surface area contributed by atoms with Gasteiger partial charge in [0.2, 0.25) is 0 Å². The average Bonchev–Trinajstić information content (AvgIpc) is 2.41. The van der Waals surface area contributed by atoms with E-state index in [2.05, 4.69) is 0 Å². The van der Waals surface area contributed by atoms with Crippen molar-refractivity contribution in [2.75, 3.05) is 4.72 Å². The number of hydrogen-bond acceptors (Lipinski definition) is 4. The number of nitro benzene ring substituents is 1. The van der Waals surface area contributed by atoms with Crippen molar-refractivity contribution in [1.82, 2.24) is 0 Å². The maximum atomic E-state index is 13.6. The van der Waals surface area contributed by atoms with Gasteiger partial charge in [-0.25, -0.2) is 17.2 Å². The third kappa shape index (κ3) is 3.31. The smallest absolute Gasteiger partial charge is 0.272 e. The zero-order chi connectivity index (χ0) is 15.6. The molecule has 2 aromatic carbocycles. The minimum Gasteiger partial charge on any atom is -0.277 e. The number of benzene rings is 2. The lowest BCUT2D eigenvalue weighted by molar-refractivity contribution is -0.385. The molecule has 9 heteroatoms. The molecule has 2 aromatic rings. The number of hydrogen-bond donors (Lipinski definition) is 1. The second-order valence-corrected chi connectivity index (χ2v) is 5.66. The van der Waals surface area contributed by atoms with Crippen LogP contribution in [-0.4, -0.2) is 13.3 Å². The summed E-state index contributed by atoms with van der Waals surface area (Å²) in [6.07, 6.45) is 0. The molecule has 0 aliphatic rings. The standard InChI is InChI=1S/C12H8F2N2O4S/c13-8-1-4-10(5-2-8)21(19,20)15-12-6-3-9(16(17)18)7-11(12)14/h1-7,15H. The zero-order valence-corrected chi connectivity index (χ0v) is 11.1. The van der Waals surface area contributed by atoms with Gasteiger partial charge in [0.15, 0.2) is 5.82 Å². The van der Waals surface area contributed by atoms with Crippen LogP contribution in [0.4, 0.5) is 20.2 Å². The van der Waals surface area contributed by atoms with Gasteiger partial charge < -0.3 is 0 Å². The Morgan fingerprint density at radius 1 is 1.05 bits per heavy atom. The third-order valence-electron chi connectivity index (χ3n) is 2.53. The average molecular weight is 314 g/mol. The summed E-state index contributed by atoms with van der Waals surface area (Å²) >= 11 is 0.